The lowest BCUT2D eigenvalue weighted by Crippen LogP contribution is -2.48. The van der Waals surface area contributed by atoms with Gasteiger partial charge in [-0.2, -0.15) is 0 Å². The molecule has 25 heavy (non-hydrogen) atoms. The van der Waals surface area contributed by atoms with Crippen LogP contribution in [-0.4, -0.2) is 34.5 Å². The Labute approximate surface area is 150 Å². The molecule has 0 bridgehead atoms. The third-order valence-electron chi connectivity index (χ3n) is 4.39. The predicted octanol–water partition coefficient (Wildman–Crippen LogP) is 2.35. The van der Waals surface area contributed by atoms with Gasteiger partial charge >= 0.3 is 0 Å². The minimum absolute atomic E-state index is 0.0262. The number of amides is 1. The van der Waals surface area contributed by atoms with Gasteiger partial charge in [0.1, 0.15) is 16.7 Å². The highest BCUT2D eigenvalue weighted by molar-refractivity contribution is 6.33. The number of carbonyl (C=O) groups is 1. The molecule has 1 saturated heterocycles. The second-order valence-electron chi connectivity index (χ2n) is 6.55. The molecule has 1 fully saturated rings. The summed E-state index contributed by atoms with van der Waals surface area (Å²) in [4.78, 5) is 22.4. The van der Waals surface area contributed by atoms with Crippen LogP contribution in [0.1, 0.15) is 30.3 Å². The van der Waals surface area contributed by atoms with Crippen molar-refractivity contribution in [2.45, 2.75) is 25.3 Å². The van der Waals surface area contributed by atoms with Gasteiger partial charge in [-0.15, -0.1) is 0 Å². The molecule has 0 saturated carbocycles. The number of benzene rings is 1. The quantitative estimate of drug-likeness (QED) is 0.816. The highest BCUT2D eigenvalue weighted by Gasteiger charge is 2.28. The van der Waals surface area contributed by atoms with E-state index in [9.17, 15) is 9.18 Å². The van der Waals surface area contributed by atoms with E-state index < -0.39 is 11.7 Å². The molecule has 0 radical (unpaired) electrons. The summed E-state index contributed by atoms with van der Waals surface area (Å²) in [6, 6.07) is 5.71. The number of aromatic nitrogens is 2. The van der Waals surface area contributed by atoms with Crippen molar-refractivity contribution in [3.05, 3.63) is 40.9 Å². The first-order valence-corrected chi connectivity index (χ1v) is 8.32. The summed E-state index contributed by atoms with van der Waals surface area (Å²) in [6.45, 7) is 3.31. The van der Waals surface area contributed by atoms with Gasteiger partial charge in [-0.1, -0.05) is 23.7 Å². The van der Waals surface area contributed by atoms with Crippen LogP contribution in [0.5, 0.6) is 0 Å². The topological polar surface area (TPSA) is 98.1 Å². The van der Waals surface area contributed by atoms with Gasteiger partial charge in [-0.3, -0.25) is 4.79 Å². The van der Waals surface area contributed by atoms with Crippen LogP contribution in [0.25, 0.3) is 11.1 Å². The summed E-state index contributed by atoms with van der Waals surface area (Å²) < 4.78 is 13.5. The predicted molar refractivity (Wildman–Crippen MR) is 95.0 cm³/mol. The molecule has 0 spiro atoms. The smallest absolute Gasteiger partial charge is 0.268 e. The minimum atomic E-state index is -0.745. The van der Waals surface area contributed by atoms with Gasteiger partial charge in [0.2, 0.25) is 5.95 Å². The Balaban J connectivity index is 2.03. The first-order chi connectivity index (χ1) is 11.8. The summed E-state index contributed by atoms with van der Waals surface area (Å²) >= 11 is 6.31. The van der Waals surface area contributed by atoms with Crippen molar-refractivity contribution in [1.82, 2.24) is 9.97 Å². The molecule has 1 aliphatic heterocycles. The zero-order valence-electron chi connectivity index (χ0n) is 13.8. The molecule has 132 valence electrons. The molecule has 0 atom stereocenters. The van der Waals surface area contributed by atoms with Crippen molar-refractivity contribution in [1.29, 1.82) is 0 Å². The number of anilines is 1. The first-order valence-electron chi connectivity index (χ1n) is 7.94. The third kappa shape index (κ3) is 3.72. The maximum atomic E-state index is 13.5. The Morgan fingerprint density at radius 2 is 2.00 bits per heavy atom. The number of nitrogens with two attached hydrogens (primary N) is 2. The highest BCUT2D eigenvalue weighted by Crippen LogP contribution is 2.32. The van der Waals surface area contributed by atoms with Crippen LogP contribution in [0.15, 0.2) is 24.3 Å². The minimum Gasteiger partial charge on any atom is -0.364 e. The fourth-order valence-corrected chi connectivity index (χ4v) is 3.13. The number of hydrogen-bond acceptors (Lipinski definition) is 5. The molecule has 8 heteroatoms. The van der Waals surface area contributed by atoms with Crippen LogP contribution >= 0.6 is 11.6 Å². The molecule has 1 aromatic heterocycles. The zero-order chi connectivity index (χ0) is 18.2. The van der Waals surface area contributed by atoms with E-state index in [0.717, 1.165) is 12.8 Å². The van der Waals surface area contributed by atoms with Crippen LogP contribution in [0.4, 0.5) is 10.3 Å². The normalized spacial score (nSPS) is 16.7. The molecular weight excluding hydrogens is 345 g/mol. The molecule has 3 rings (SSSR count). The largest absolute Gasteiger partial charge is 0.364 e. The van der Waals surface area contributed by atoms with Crippen molar-refractivity contribution < 1.29 is 9.18 Å². The van der Waals surface area contributed by atoms with E-state index in [-0.39, 0.29) is 21.9 Å². The second-order valence-corrected chi connectivity index (χ2v) is 6.91. The number of primary amides is 1. The summed E-state index contributed by atoms with van der Waals surface area (Å²) in [5, 5.41) is 0.0606. The van der Waals surface area contributed by atoms with Crippen LogP contribution < -0.4 is 16.4 Å². The average Bonchev–Trinajstić information content (AvgIpc) is 2.54. The molecule has 2 aromatic rings. The number of carbonyl (C=O) groups excluding carboxylic acids is 1. The molecule has 6 nitrogen and oxygen atoms in total. The monoisotopic (exact) mass is 363 g/mol. The molecule has 4 N–H and O–H groups in total. The zero-order valence-corrected chi connectivity index (χ0v) is 14.6. The number of piperidine rings is 1. The second kappa shape index (κ2) is 6.57. The van der Waals surface area contributed by atoms with E-state index in [4.69, 9.17) is 23.1 Å². The number of hydrogen-bond donors (Lipinski definition) is 2. The summed E-state index contributed by atoms with van der Waals surface area (Å²) in [5.41, 5.74) is 12.0. The van der Waals surface area contributed by atoms with Crippen molar-refractivity contribution in [2.24, 2.45) is 11.5 Å². The lowest BCUT2D eigenvalue weighted by atomic mass is 9.91. The van der Waals surface area contributed by atoms with Gasteiger partial charge in [-0.05, 0) is 37.5 Å². The van der Waals surface area contributed by atoms with Gasteiger partial charge in [-0.25, -0.2) is 14.4 Å². The van der Waals surface area contributed by atoms with E-state index in [1.807, 2.05) is 11.8 Å². The molecule has 1 aliphatic rings. The van der Waals surface area contributed by atoms with Crippen LogP contribution in [-0.2, 0) is 0 Å². The van der Waals surface area contributed by atoms with Crippen molar-refractivity contribution in [3.63, 3.8) is 0 Å². The maximum Gasteiger partial charge on any atom is 0.268 e. The van der Waals surface area contributed by atoms with Crippen LogP contribution in [0.2, 0.25) is 5.15 Å². The van der Waals surface area contributed by atoms with Gasteiger partial charge in [0.05, 0.1) is 5.56 Å². The summed E-state index contributed by atoms with van der Waals surface area (Å²) in [5.74, 6) is -0.869. The number of halogens is 2. The fraction of sp³-hybridized carbons (Fsp3) is 0.353. The SMILES string of the molecule is CC1(N)CCN(c2nc(Cl)c(-c3cccc(F)c3)c(C(N)=O)n2)CC1. The Bertz CT molecular complexity index is 817. The van der Waals surface area contributed by atoms with E-state index in [1.165, 1.54) is 18.2 Å². The van der Waals surface area contributed by atoms with Crippen molar-refractivity contribution in [2.75, 3.05) is 18.0 Å². The van der Waals surface area contributed by atoms with E-state index >= 15 is 0 Å². The lowest BCUT2D eigenvalue weighted by molar-refractivity contribution is 0.0996. The number of nitrogens with zero attached hydrogens (tertiary/aromatic N) is 3. The van der Waals surface area contributed by atoms with Gasteiger partial charge < -0.3 is 16.4 Å². The van der Waals surface area contributed by atoms with Crippen LogP contribution in [0, 0.1) is 5.82 Å². The third-order valence-corrected chi connectivity index (χ3v) is 4.66. The molecule has 0 aliphatic carbocycles. The van der Waals surface area contributed by atoms with Crippen molar-refractivity contribution >= 4 is 23.5 Å². The summed E-state index contributed by atoms with van der Waals surface area (Å²) in [7, 11) is 0. The Hall–Kier alpha value is -2.25. The Morgan fingerprint density at radius 3 is 2.60 bits per heavy atom. The maximum absolute atomic E-state index is 13.5. The Kier molecular flexibility index (Phi) is 4.62. The van der Waals surface area contributed by atoms with Gasteiger partial charge in [0.25, 0.3) is 5.91 Å². The van der Waals surface area contributed by atoms with Gasteiger partial charge in [0, 0.05) is 18.6 Å². The number of rotatable bonds is 3. The average molecular weight is 364 g/mol. The van der Waals surface area contributed by atoms with E-state index in [0.29, 0.717) is 24.6 Å². The standard InChI is InChI=1S/C17H19ClFN5O/c1-17(21)5-7-24(8-6-17)16-22-13(15(20)25)12(14(18)23-16)10-3-2-4-11(19)9-10/h2-4,9H,5-8,21H2,1H3,(H2,20,25). The fourth-order valence-electron chi connectivity index (χ4n) is 2.86. The first kappa shape index (κ1) is 17.6. The highest BCUT2D eigenvalue weighted by atomic mass is 35.5. The van der Waals surface area contributed by atoms with Gasteiger partial charge in [0.15, 0.2) is 0 Å². The van der Waals surface area contributed by atoms with Crippen molar-refractivity contribution in [3.8, 4) is 11.1 Å². The molecule has 1 amide bonds. The molecule has 0 unspecified atom stereocenters. The molecule has 2 heterocycles. The Morgan fingerprint density at radius 1 is 1.32 bits per heavy atom. The van der Waals surface area contributed by atoms with Crippen LogP contribution in [0.3, 0.4) is 0 Å². The lowest BCUT2D eigenvalue weighted by Gasteiger charge is -2.36. The molecule has 1 aromatic carbocycles. The van der Waals surface area contributed by atoms with E-state index in [1.54, 1.807) is 6.07 Å². The summed E-state index contributed by atoms with van der Waals surface area (Å²) in [6.07, 6.45) is 1.54. The van der Waals surface area contributed by atoms with E-state index in [2.05, 4.69) is 9.97 Å². The molecular formula is C17H19ClFN5O.